The molecule has 0 bridgehead atoms. The molecule has 9 heavy (non-hydrogen) atoms. The minimum absolute atomic E-state index is 0.0353. The highest BCUT2D eigenvalue weighted by molar-refractivity contribution is 5.91. The molecule has 1 nitrogen and oxygen atoms in total. The minimum atomic E-state index is 0.0353. The van der Waals surface area contributed by atoms with E-state index >= 15 is 0 Å². The van der Waals surface area contributed by atoms with Gasteiger partial charge in [0.05, 0.1) is 0 Å². The molecule has 0 aromatic heterocycles. The highest BCUT2D eigenvalue weighted by atomic mass is 16.1. The largest absolute Gasteiger partial charge is 0.299 e. The molecule has 50 valence electrons. The van der Waals surface area contributed by atoms with Crippen molar-refractivity contribution >= 4 is 5.78 Å². The van der Waals surface area contributed by atoms with Crippen LogP contribution in [0.15, 0.2) is 0 Å². The monoisotopic (exact) mass is 124 g/mol. The second-order valence-electron chi connectivity index (χ2n) is 4.05. The average Bonchev–Trinajstić information content (AvgIpc) is 2.39. The lowest BCUT2D eigenvalue weighted by Crippen LogP contribution is -2.20. The highest BCUT2D eigenvalue weighted by Crippen LogP contribution is 2.56. The number of fused-ring (bicyclic) bond motifs is 1. The summed E-state index contributed by atoms with van der Waals surface area (Å²) < 4.78 is 0. The fraction of sp³-hybridized carbons (Fsp3) is 0.875. The average molecular weight is 124 g/mol. The second kappa shape index (κ2) is 1.23. The van der Waals surface area contributed by atoms with Gasteiger partial charge in [-0.3, -0.25) is 4.79 Å². The molecule has 2 unspecified atom stereocenters. The summed E-state index contributed by atoms with van der Waals surface area (Å²) in [4.78, 5) is 11.3. The van der Waals surface area contributed by atoms with Crippen LogP contribution < -0.4 is 0 Å². The van der Waals surface area contributed by atoms with Gasteiger partial charge in [0.25, 0.3) is 0 Å². The van der Waals surface area contributed by atoms with Crippen molar-refractivity contribution in [2.75, 3.05) is 0 Å². The van der Waals surface area contributed by atoms with Gasteiger partial charge in [-0.25, -0.2) is 0 Å². The maximum atomic E-state index is 11.3. The van der Waals surface area contributed by atoms with Crippen molar-refractivity contribution in [3.05, 3.63) is 0 Å². The fourth-order valence-electron chi connectivity index (χ4n) is 2.05. The Bertz CT molecular complexity index is 169. The van der Waals surface area contributed by atoms with Crippen molar-refractivity contribution in [2.45, 2.75) is 26.7 Å². The standard InChI is InChI=1S/C8H12O/c1-8(2)4-5-3-6(5)7(8)9/h5-6H,3-4H2,1-2H3. The molecule has 2 atom stereocenters. The summed E-state index contributed by atoms with van der Waals surface area (Å²) in [5.74, 6) is 1.79. The number of hydrogen-bond acceptors (Lipinski definition) is 1. The lowest BCUT2D eigenvalue weighted by Gasteiger charge is -2.16. The van der Waals surface area contributed by atoms with Crippen LogP contribution in [0.4, 0.5) is 0 Å². The third-order valence-corrected chi connectivity index (χ3v) is 2.70. The van der Waals surface area contributed by atoms with Crippen molar-refractivity contribution in [1.82, 2.24) is 0 Å². The molecule has 1 heteroatoms. The van der Waals surface area contributed by atoms with E-state index in [0.29, 0.717) is 11.7 Å². The summed E-state index contributed by atoms with van der Waals surface area (Å²) in [5, 5.41) is 0. The molecule has 0 aliphatic heterocycles. The van der Waals surface area contributed by atoms with Gasteiger partial charge in [0.2, 0.25) is 0 Å². The van der Waals surface area contributed by atoms with Crippen LogP contribution in [0.5, 0.6) is 0 Å². The summed E-state index contributed by atoms with van der Waals surface area (Å²) >= 11 is 0. The van der Waals surface area contributed by atoms with E-state index < -0.39 is 0 Å². The lowest BCUT2D eigenvalue weighted by molar-refractivity contribution is -0.126. The molecule has 2 aliphatic rings. The SMILES string of the molecule is CC1(C)CC2CC2C1=O. The Hall–Kier alpha value is -0.330. The molecule has 0 aromatic carbocycles. The van der Waals surface area contributed by atoms with Gasteiger partial charge in [-0.1, -0.05) is 13.8 Å². The normalized spacial score (nSPS) is 44.9. The first kappa shape index (κ1) is 5.45. The van der Waals surface area contributed by atoms with Crippen LogP contribution >= 0.6 is 0 Å². The number of hydrogen-bond donors (Lipinski definition) is 0. The fourth-order valence-corrected chi connectivity index (χ4v) is 2.05. The number of carbonyl (C=O) groups is 1. The second-order valence-corrected chi connectivity index (χ2v) is 4.05. The molecule has 0 aromatic rings. The van der Waals surface area contributed by atoms with Gasteiger partial charge in [0.15, 0.2) is 0 Å². The topological polar surface area (TPSA) is 17.1 Å². The maximum Gasteiger partial charge on any atom is 0.141 e. The molecule has 2 fully saturated rings. The maximum absolute atomic E-state index is 11.3. The molecule has 0 N–H and O–H groups in total. The highest BCUT2D eigenvalue weighted by Gasteiger charge is 2.56. The predicted octanol–water partition coefficient (Wildman–Crippen LogP) is 1.62. The minimum Gasteiger partial charge on any atom is -0.299 e. The van der Waals surface area contributed by atoms with Crippen LogP contribution in [0.1, 0.15) is 26.7 Å². The summed E-state index contributed by atoms with van der Waals surface area (Å²) in [7, 11) is 0. The van der Waals surface area contributed by atoms with E-state index in [1.54, 1.807) is 0 Å². The third kappa shape index (κ3) is 0.577. The number of ketones is 1. The van der Waals surface area contributed by atoms with E-state index in [9.17, 15) is 4.79 Å². The van der Waals surface area contributed by atoms with Gasteiger partial charge in [-0.15, -0.1) is 0 Å². The van der Waals surface area contributed by atoms with Crippen molar-refractivity contribution in [1.29, 1.82) is 0 Å². The van der Waals surface area contributed by atoms with Crippen LogP contribution in [0, 0.1) is 17.3 Å². The van der Waals surface area contributed by atoms with E-state index in [-0.39, 0.29) is 5.41 Å². The van der Waals surface area contributed by atoms with Crippen molar-refractivity contribution < 1.29 is 4.79 Å². The Morgan fingerprint density at radius 2 is 2.22 bits per heavy atom. The Balaban J connectivity index is 2.26. The molecular formula is C8H12O. The van der Waals surface area contributed by atoms with E-state index in [4.69, 9.17) is 0 Å². The number of carbonyl (C=O) groups excluding carboxylic acids is 1. The molecule has 2 saturated carbocycles. The molecule has 0 spiro atoms. The first-order chi connectivity index (χ1) is 4.11. The number of Topliss-reactive ketones (excluding diaryl/α,β-unsaturated/α-hetero) is 1. The first-order valence-corrected chi connectivity index (χ1v) is 3.65. The third-order valence-electron chi connectivity index (χ3n) is 2.70. The lowest BCUT2D eigenvalue weighted by atomic mass is 9.87. The summed E-state index contributed by atoms with van der Waals surface area (Å²) in [6.45, 7) is 4.14. The van der Waals surface area contributed by atoms with Crippen molar-refractivity contribution in [3.63, 3.8) is 0 Å². The quantitative estimate of drug-likeness (QED) is 0.479. The van der Waals surface area contributed by atoms with Gasteiger partial charge < -0.3 is 0 Å². The van der Waals surface area contributed by atoms with Gasteiger partial charge in [0, 0.05) is 11.3 Å². The van der Waals surface area contributed by atoms with E-state index in [0.717, 1.165) is 12.3 Å². The Labute approximate surface area is 55.4 Å². The van der Waals surface area contributed by atoms with Crippen LogP contribution in [-0.4, -0.2) is 5.78 Å². The van der Waals surface area contributed by atoms with E-state index in [2.05, 4.69) is 13.8 Å². The van der Waals surface area contributed by atoms with Crippen LogP contribution in [0.25, 0.3) is 0 Å². The first-order valence-electron chi connectivity index (χ1n) is 3.65. The predicted molar refractivity (Wildman–Crippen MR) is 35.0 cm³/mol. The zero-order valence-corrected chi connectivity index (χ0v) is 5.98. The molecule has 2 rings (SSSR count). The number of rotatable bonds is 0. The van der Waals surface area contributed by atoms with Gasteiger partial charge in [-0.2, -0.15) is 0 Å². The zero-order chi connectivity index (χ0) is 6.65. The van der Waals surface area contributed by atoms with E-state index in [1.165, 1.54) is 6.42 Å². The van der Waals surface area contributed by atoms with Crippen molar-refractivity contribution in [3.8, 4) is 0 Å². The van der Waals surface area contributed by atoms with Crippen molar-refractivity contribution in [2.24, 2.45) is 17.3 Å². The van der Waals surface area contributed by atoms with Crippen LogP contribution in [0.3, 0.4) is 0 Å². The molecule has 0 amide bonds. The molecular weight excluding hydrogens is 112 g/mol. The smallest absolute Gasteiger partial charge is 0.141 e. The van der Waals surface area contributed by atoms with Crippen LogP contribution in [-0.2, 0) is 4.79 Å². The molecule has 0 radical (unpaired) electrons. The van der Waals surface area contributed by atoms with Gasteiger partial charge >= 0.3 is 0 Å². The van der Waals surface area contributed by atoms with Gasteiger partial charge in [0.1, 0.15) is 5.78 Å². The summed E-state index contributed by atoms with van der Waals surface area (Å²) in [6.07, 6.45) is 2.35. The Morgan fingerprint density at radius 1 is 1.56 bits per heavy atom. The molecule has 2 aliphatic carbocycles. The summed E-state index contributed by atoms with van der Waals surface area (Å²) in [6, 6.07) is 0. The molecule has 0 saturated heterocycles. The van der Waals surface area contributed by atoms with E-state index in [1.807, 2.05) is 0 Å². The molecule has 0 heterocycles. The Kier molecular flexibility index (Phi) is 0.744. The zero-order valence-electron chi connectivity index (χ0n) is 5.98. The Morgan fingerprint density at radius 3 is 2.44 bits per heavy atom. The summed E-state index contributed by atoms with van der Waals surface area (Å²) in [5.41, 5.74) is 0.0353. The van der Waals surface area contributed by atoms with Crippen LogP contribution in [0.2, 0.25) is 0 Å². The van der Waals surface area contributed by atoms with Gasteiger partial charge in [-0.05, 0) is 18.8 Å².